The first kappa shape index (κ1) is 21.8. The maximum atomic E-state index is 12.4. The quantitative estimate of drug-likeness (QED) is 0.374. The molecule has 2 aliphatic rings. The van der Waals surface area contributed by atoms with Gasteiger partial charge in [0.25, 0.3) is 6.43 Å². The summed E-state index contributed by atoms with van der Waals surface area (Å²) in [5.74, 6) is 1.51. The Balaban J connectivity index is 0.00000288. The Morgan fingerprint density at radius 1 is 1.21 bits per heavy atom. The lowest BCUT2D eigenvalue weighted by atomic mass is 9.98. The van der Waals surface area contributed by atoms with E-state index in [1.165, 1.54) is 19.4 Å². The maximum Gasteiger partial charge on any atom is 0.251 e. The highest BCUT2D eigenvalue weighted by Gasteiger charge is 2.22. The van der Waals surface area contributed by atoms with Gasteiger partial charge >= 0.3 is 0 Å². The van der Waals surface area contributed by atoms with Crippen molar-refractivity contribution in [3.05, 3.63) is 0 Å². The van der Waals surface area contributed by atoms with Gasteiger partial charge in [-0.1, -0.05) is 0 Å². The highest BCUT2D eigenvalue weighted by Crippen LogP contribution is 2.14. The van der Waals surface area contributed by atoms with E-state index in [2.05, 4.69) is 27.6 Å². The summed E-state index contributed by atoms with van der Waals surface area (Å²) < 4.78 is 24.8. The van der Waals surface area contributed by atoms with E-state index in [1.807, 2.05) is 4.90 Å². The number of rotatable bonds is 5. The third kappa shape index (κ3) is 7.77. The van der Waals surface area contributed by atoms with Crippen molar-refractivity contribution in [2.24, 2.45) is 10.9 Å². The fourth-order valence-electron chi connectivity index (χ4n) is 3.52. The van der Waals surface area contributed by atoms with Crippen LogP contribution in [0.4, 0.5) is 8.78 Å². The van der Waals surface area contributed by atoms with E-state index in [0.29, 0.717) is 12.0 Å². The first-order valence-corrected chi connectivity index (χ1v) is 8.73. The zero-order valence-electron chi connectivity index (χ0n) is 14.8. The van der Waals surface area contributed by atoms with Gasteiger partial charge in [0.2, 0.25) is 0 Å². The maximum absolute atomic E-state index is 12.4. The number of hydrogen-bond donors (Lipinski definition) is 2. The fraction of sp³-hybridized carbons (Fsp3) is 0.938. The average Bonchev–Trinajstić information content (AvgIpc) is 2.52. The van der Waals surface area contributed by atoms with Crippen LogP contribution < -0.4 is 10.6 Å². The van der Waals surface area contributed by atoms with Crippen LogP contribution in [0.5, 0.6) is 0 Å². The van der Waals surface area contributed by atoms with Gasteiger partial charge in [-0.3, -0.25) is 9.89 Å². The van der Waals surface area contributed by atoms with Crippen molar-refractivity contribution in [2.75, 3.05) is 53.4 Å². The molecular formula is C16H32F2IN5. The van der Waals surface area contributed by atoms with E-state index in [9.17, 15) is 8.78 Å². The molecule has 1 unspecified atom stereocenters. The smallest absolute Gasteiger partial charge is 0.251 e. The number of likely N-dealkylation sites (tertiary alicyclic amines) is 2. The molecular weight excluding hydrogens is 427 g/mol. The van der Waals surface area contributed by atoms with Crippen LogP contribution in [-0.2, 0) is 0 Å². The molecule has 2 rings (SSSR count). The molecule has 2 fully saturated rings. The van der Waals surface area contributed by atoms with Crippen LogP contribution in [0.3, 0.4) is 0 Å². The van der Waals surface area contributed by atoms with Crippen LogP contribution in [-0.4, -0.2) is 81.6 Å². The second kappa shape index (κ2) is 11.4. The molecule has 0 aromatic carbocycles. The molecule has 2 N–H and O–H groups in total. The van der Waals surface area contributed by atoms with Gasteiger partial charge in [0.15, 0.2) is 5.96 Å². The van der Waals surface area contributed by atoms with Crippen LogP contribution >= 0.6 is 24.0 Å². The van der Waals surface area contributed by atoms with Crippen molar-refractivity contribution in [3.8, 4) is 0 Å². The Hall–Kier alpha value is -0.220. The highest BCUT2D eigenvalue weighted by molar-refractivity contribution is 14.0. The fourth-order valence-corrected chi connectivity index (χ4v) is 3.52. The van der Waals surface area contributed by atoms with Crippen molar-refractivity contribution in [3.63, 3.8) is 0 Å². The first-order valence-electron chi connectivity index (χ1n) is 8.73. The Kier molecular flexibility index (Phi) is 10.4. The molecule has 142 valence electrons. The van der Waals surface area contributed by atoms with E-state index in [0.717, 1.165) is 45.0 Å². The van der Waals surface area contributed by atoms with Crippen LogP contribution in [0.15, 0.2) is 4.99 Å². The molecule has 8 heteroatoms. The molecule has 0 radical (unpaired) electrons. The largest absolute Gasteiger partial charge is 0.356 e. The number of hydrogen-bond acceptors (Lipinski definition) is 3. The summed E-state index contributed by atoms with van der Waals surface area (Å²) in [5.41, 5.74) is 0. The first-order chi connectivity index (χ1) is 11.1. The van der Waals surface area contributed by atoms with Gasteiger partial charge < -0.3 is 15.5 Å². The number of nitrogens with one attached hydrogen (secondary N) is 2. The van der Waals surface area contributed by atoms with Crippen LogP contribution in [0, 0.1) is 5.92 Å². The van der Waals surface area contributed by atoms with Crippen molar-refractivity contribution in [2.45, 2.75) is 38.2 Å². The van der Waals surface area contributed by atoms with Gasteiger partial charge in [0.1, 0.15) is 0 Å². The van der Waals surface area contributed by atoms with Gasteiger partial charge in [-0.15, -0.1) is 24.0 Å². The zero-order valence-corrected chi connectivity index (χ0v) is 17.1. The van der Waals surface area contributed by atoms with E-state index in [4.69, 9.17) is 0 Å². The SMILES string of the molecule is CN=C(NCC1CCCN(C)C1)NC1CCN(CC(F)F)CC1.I. The molecule has 0 saturated carbocycles. The average molecular weight is 459 g/mol. The van der Waals surface area contributed by atoms with Crippen LogP contribution in [0.25, 0.3) is 0 Å². The lowest BCUT2D eigenvalue weighted by molar-refractivity contribution is 0.0744. The summed E-state index contributed by atoms with van der Waals surface area (Å²) in [6, 6.07) is 0.323. The third-order valence-corrected chi connectivity index (χ3v) is 4.83. The number of nitrogens with zero attached hydrogens (tertiary/aromatic N) is 3. The molecule has 2 aliphatic heterocycles. The minimum atomic E-state index is -2.23. The van der Waals surface area contributed by atoms with Gasteiger partial charge in [0, 0.05) is 39.3 Å². The van der Waals surface area contributed by atoms with Gasteiger partial charge in [-0.2, -0.15) is 0 Å². The summed E-state index contributed by atoms with van der Waals surface area (Å²) in [7, 11) is 3.96. The van der Waals surface area contributed by atoms with Gasteiger partial charge in [-0.25, -0.2) is 8.78 Å². The molecule has 24 heavy (non-hydrogen) atoms. The topological polar surface area (TPSA) is 42.9 Å². The van der Waals surface area contributed by atoms with Crippen molar-refractivity contribution in [1.82, 2.24) is 20.4 Å². The van der Waals surface area contributed by atoms with Gasteiger partial charge in [0.05, 0.1) is 6.54 Å². The van der Waals surface area contributed by atoms with E-state index in [1.54, 1.807) is 7.05 Å². The zero-order chi connectivity index (χ0) is 16.7. The minimum absolute atomic E-state index is 0. The molecule has 0 aliphatic carbocycles. The lowest BCUT2D eigenvalue weighted by Gasteiger charge is -2.33. The molecule has 0 amide bonds. The number of halogens is 3. The predicted octanol–water partition coefficient (Wildman–Crippen LogP) is 1.84. The van der Waals surface area contributed by atoms with E-state index in [-0.39, 0.29) is 30.5 Å². The number of piperidine rings is 2. The Morgan fingerprint density at radius 2 is 1.92 bits per heavy atom. The minimum Gasteiger partial charge on any atom is -0.356 e. The number of alkyl halides is 2. The standard InChI is InChI=1S/C16H31F2N5.HI/c1-19-16(20-10-13-4-3-7-22(2)11-13)21-14-5-8-23(9-6-14)12-15(17)18;/h13-15H,3-12H2,1-2H3,(H2,19,20,21);1H. The highest BCUT2D eigenvalue weighted by atomic mass is 127. The third-order valence-electron chi connectivity index (χ3n) is 4.83. The molecule has 1 atom stereocenters. The van der Waals surface area contributed by atoms with E-state index < -0.39 is 6.43 Å². The Bertz CT molecular complexity index is 375. The number of guanidine groups is 1. The molecule has 5 nitrogen and oxygen atoms in total. The monoisotopic (exact) mass is 459 g/mol. The normalized spacial score (nSPS) is 24.7. The number of aliphatic imine (C=N–C) groups is 1. The summed E-state index contributed by atoms with van der Waals surface area (Å²) in [5, 5.41) is 6.87. The predicted molar refractivity (Wildman–Crippen MR) is 106 cm³/mol. The molecule has 0 aromatic rings. The van der Waals surface area contributed by atoms with Crippen molar-refractivity contribution in [1.29, 1.82) is 0 Å². The molecule has 2 saturated heterocycles. The second-order valence-corrected chi connectivity index (χ2v) is 6.83. The van der Waals surface area contributed by atoms with Crippen molar-refractivity contribution >= 4 is 29.9 Å². The summed E-state index contributed by atoms with van der Waals surface area (Å²) in [6.07, 6.45) is 2.07. The molecule has 0 bridgehead atoms. The Morgan fingerprint density at radius 3 is 2.50 bits per heavy atom. The molecule has 0 aromatic heterocycles. The summed E-state index contributed by atoms with van der Waals surface area (Å²) in [6.45, 7) is 4.62. The summed E-state index contributed by atoms with van der Waals surface area (Å²) in [4.78, 5) is 8.52. The second-order valence-electron chi connectivity index (χ2n) is 6.83. The Labute approximate surface area is 161 Å². The molecule has 2 heterocycles. The van der Waals surface area contributed by atoms with Crippen LogP contribution in [0.2, 0.25) is 0 Å². The lowest BCUT2D eigenvalue weighted by Crippen LogP contribution is -2.50. The van der Waals surface area contributed by atoms with Gasteiger partial charge in [-0.05, 0) is 45.2 Å². The summed E-state index contributed by atoms with van der Waals surface area (Å²) >= 11 is 0. The van der Waals surface area contributed by atoms with Crippen LogP contribution in [0.1, 0.15) is 25.7 Å². The van der Waals surface area contributed by atoms with Crippen molar-refractivity contribution < 1.29 is 8.78 Å². The molecule has 0 spiro atoms. The van der Waals surface area contributed by atoms with E-state index >= 15 is 0 Å².